The van der Waals surface area contributed by atoms with Gasteiger partial charge in [0.25, 0.3) is 0 Å². The van der Waals surface area contributed by atoms with E-state index in [0.717, 1.165) is 40.8 Å². The SMILES string of the molecule is C1=CC(c2nc(-c3ccccc3)nc(-c3cccc4c3ccc3c5ccccc5sc43)n2)=CCC1. The largest absolute Gasteiger partial charge is 0.208 e. The fourth-order valence-corrected chi connectivity index (χ4v) is 6.09. The zero-order valence-corrected chi connectivity index (χ0v) is 19.8. The first-order valence-corrected chi connectivity index (χ1v) is 12.7. The summed E-state index contributed by atoms with van der Waals surface area (Å²) in [5.41, 5.74) is 3.08. The van der Waals surface area contributed by atoms with Crippen LogP contribution in [0.1, 0.15) is 18.7 Å². The summed E-state index contributed by atoms with van der Waals surface area (Å²) in [6.45, 7) is 0. The third-order valence-electron chi connectivity index (χ3n) is 6.56. The smallest absolute Gasteiger partial charge is 0.164 e. The van der Waals surface area contributed by atoms with E-state index < -0.39 is 0 Å². The molecule has 0 saturated carbocycles. The molecule has 1 aliphatic rings. The van der Waals surface area contributed by atoms with Gasteiger partial charge in [-0.25, -0.2) is 15.0 Å². The molecule has 6 aromatic rings. The highest BCUT2D eigenvalue weighted by molar-refractivity contribution is 7.26. The van der Waals surface area contributed by atoms with Crippen LogP contribution in [-0.4, -0.2) is 15.0 Å². The zero-order chi connectivity index (χ0) is 23.2. The van der Waals surface area contributed by atoms with Crippen LogP contribution in [0.15, 0.2) is 103 Å². The van der Waals surface area contributed by atoms with Crippen molar-refractivity contribution in [2.45, 2.75) is 12.8 Å². The van der Waals surface area contributed by atoms with E-state index in [1.165, 1.54) is 25.6 Å². The van der Waals surface area contributed by atoms with E-state index >= 15 is 0 Å². The van der Waals surface area contributed by atoms with Gasteiger partial charge in [0.2, 0.25) is 0 Å². The van der Waals surface area contributed by atoms with E-state index in [9.17, 15) is 0 Å². The molecule has 0 saturated heterocycles. The molecule has 4 heteroatoms. The molecular formula is C31H21N3S. The van der Waals surface area contributed by atoms with E-state index in [4.69, 9.17) is 15.0 Å². The Morgan fingerprint density at radius 2 is 1.31 bits per heavy atom. The van der Waals surface area contributed by atoms with Crippen molar-refractivity contribution >= 4 is 47.9 Å². The minimum atomic E-state index is 0.699. The maximum absolute atomic E-state index is 4.99. The molecule has 3 nitrogen and oxygen atoms in total. The van der Waals surface area contributed by atoms with Gasteiger partial charge in [0, 0.05) is 42.3 Å². The zero-order valence-electron chi connectivity index (χ0n) is 19.0. The average molecular weight is 468 g/mol. The Kier molecular flexibility index (Phi) is 4.78. The van der Waals surface area contributed by atoms with Crippen LogP contribution in [-0.2, 0) is 0 Å². The monoisotopic (exact) mass is 467 g/mol. The van der Waals surface area contributed by atoms with Crippen LogP contribution in [0.2, 0.25) is 0 Å². The summed E-state index contributed by atoms with van der Waals surface area (Å²) < 4.78 is 2.62. The third kappa shape index (κ3) is 3.46. The topological polar surface area (TPSA) is 38.7 Å². The normalized spacial score (nSPS) is 13.5. The number of thiophene rings is 1. The van der Waals surface area contributed by atoms with E-state index in [-0.39, 0.29) is 0 Å². The molecule has 0 spiro atoms. The van der Waals surface area contributed by atoms with Crippen LogP contribution in [0.5, 0.6) is 0 Å². The molecule has 0 radical (unpaired) electrons. The lowest BCUT2D eigenvalue weighted by Gasteiger charge is -2.12. The van der Waals surface area contributed by atoms with Gasteiger partial charge in [0.15, 0.2) is 17.5 Å². The van der Waals surface area contributed by atoms with E-state index in [2.05, 4.69) is 85.0 Å². The summed E-state index contributed by atoms with van der Waals surface area (Å²) in [6, 6.07) is 29.7. The fraction of sp³-hybridized carbons (Fsp3) is 0.0645. The molecule has 2 heterocycles. The van der Waals surface area contributed by atoms with Crippen LogP contribution in [0.25, 0.3) is 59.3 Å². The number of benzene rings is 4. The van der Waals surface area contributed by atoms with Crippen molar-refractivity contribution in [1.82, 2.24) is 15.0 Å². The summed E-state index contributed by atoms with van der Waals surface area (Å²) in [6.07, 6.45) is 8.60. The van der Waals surface area contributed by atoms with Crippen molar-refractivity contribution in [3.05, 3.63) is 109 Å². The first-order chi connectivity index (χ1) is 17.3. The fourth-order valence-electron chi connectivity index (χ4n) is 4.86. The Balaban J connectivity index is 1.49. The molecule has 0 atom stereocenters. The molecule has 0 amide bonds. The van der Waals surface area contributed by atoms with Crippen LogP contribution in [0.3, 0.4) is 0 Å². The first-order valence-electron chi connectivity index (χ1n) is 11.9. The lowest BCUT2D eigenvalue weighted by Crippen LogP contribution is -2.03. The minimum absolute atomic E-state index is 0.699. The molecule has 0 bridgehead atoms. The number of hydrogen-bond acceptors (Lipinski definition) is 4. The Hall–Kier alpha value is -4.15. The summed E-state index contributed by atoms with van der Waals surface area (Å²) in [7, 11) is 0. The molecule has 1 aliphatic carbocycles. The molecule has 0 N–H and O–H groups in total. The second kappa shape index (κ2) is 8.26. The Morgan fingerprint density at radius 3 is 2.20 bits per heavy atom. The predicted molar refractivity (Wildman–Crippen MR) is 147 cm³/mol. The molecule has 166 valence electrons. The van der Waals surface area contributed by atoms with Gasteiger partial charge < -0.3 is 0 Å². The quantitative estimate of drug-likeness (QED) is 0.262. The molecule has 0 fully saturated rings. The van der Waals surface area contributed by atoms with Crippen molar-refractivity contribution in [2.75, 3.05) is 0 Å². The van der Waals surface area contributed by atoms with E-state index in [0.29, 0.717) is 11.6 Å². The van der Waals surface area contributed by atoms with Gasteiger partial charge >= 0.3 is 0 Å². The highest BCUT2D eigenvalue weighted by Gasteiger charge is 2.16. The second-order valence-electron chi connectivity index (χ2n) is 8.75. The van der Waals surface area contributed by atoms with Gasteiger partial charge in [-0.3, -0.25) is 0 Å². The van der Waals surface area contributed by atoms with Gasteiger partial charge in [0.1, 0.15) is 0 Å². The van der Waals surface area contributed by atoms with Crippen LogP contribution in [0, 0.1) is 0 Å². The summed E-state index contributed by atoms with van der Waals surface area (Å²) in [5.74, 6) is 2.13. The van der Waals surface area contributed by atoms with Crippen LogP contribution < -0.4 is 0 Å². The van der Waals surface area contributed by atoms with Gasteiger partial charge in [-0.15, -0.1) is 11.3 Å². The lowest BCUT2D eigenvalue weighted by molar-refractivity contribution is 1.01. The molecule has 0 unspecified atom stereocenters. The molecular weight excluding hydrogens is 446 g/mol. The summed E-state index contributed by atoms with van der Waals surface area (Å²) >= 11 is 1.85. The van der Waals surface area contributed by atoms with Crippen molar-refractivity contribution in [3.8, 4) is 22.8 Å². The highest BCUT2D eigenvalue weighted by atomic mass is 32.1. The molecule has 2 aromatic heterocycles. The average Bonchev–Trinajstić information content (AvgIpc) is 3.33. The number of aromatic nitrogens is 3. The highest BCUT2D eigenvalue weighted by Crippen LogP contribution is 2.40. The number of fused-ring (bicyclic) bond motifs is 5. The van der Waals surface area contributed by atoms with E-state index in [1.807, 2.05) is 29.5 Å². The Bertz CT molecular complexity index is 1800. The standard InChI is InChI=1S/C31H21N3S/c1-3-10-20(11-4-1)29-32-30(21-12-5-2-6-13-21)34-31(33-29)26-16-9-15-24-22(26)18-19-25-23-14-7-8-17-27(23)35-28(24)25/h1,3-5,7-19H,2,6H2. The molecule has 7 rings (SSSR count). The maximum atomic E-state index is 4.99. The molecule has 0 aliphatic heterocycles. The minimum Gasteiger partial charge on any atom is -0.208 e. The Labute approximate surface area is 207 Å². The number of allylic oxidation sites excluding steroid dienone is 4. The van der Waals surface area contributed by atoms with Gasteiger partial charge in [-0.2, -0.15) is 0 Å². The van der Waals surface area contributed by atoms with Crippen molar-refractivity contribution < 1.29 is 0 Å². The Morgan fingerprint density at radius 1 is 0.571 bits per heavy atom. The molecule has 35 heavy (non-hydrogen) atoms. The van der Waals surface area contributed by atoms with Crippen molar-refractivity contribution in [2.24, 2.45) is 0 Å². The van der Waals surface area contributed by atoms with Crippen molar-refractivity contribution in [1.29, 1.82) is 0 Å². The lowest BCUT2D eigenvalue weighted by atomic mass is 10.0. The molecule has 4 aromatic carbocycles. The maximum Gasteiger partial charge on any atom is 0.164 e. The summed E-state index contributed by atoms with van der Waals surface area (Å²) in [5, 5.41) is 5.01. The van der Waals surface area contributed by atoms with Gasteiger partial charge in [0.05, 0.1) is 0 Å². The second-order valence-corrected chi connectivity index (χ2v) is 9.80. The van der Waals surface area contributed by atoms with Gasteiger partial charge in [-0.1, -0.05) is 97.1 Å². The van der Waals surface area contributed by atoms with Crippen LogP contribution >= 0.6 is 11.3 Å². The number of rotatable bonds is 3. The number of hydrogen-bond donors (Lipinski definition) is 0. The third-order valence-corrected chi connectivity index (χ3v) is 7.78. The van der Waals surface area contributed by atoms with Crippen molar-refractivity contribution in [3.63, 3.8) is 0 Å². The van der Waals surface area contributed by atoms with Crippen LogP contribution in [0.4, 0.5) is 0 Å². The van der Waals surface area contributed by atoms with E-state index in [1.54, 1.807) is 0 Å². The first kappa shape index (κ1) is 20.2. The predicted octanol–water partition coefficient (Wildman–Crippen LogP) is 8.46. The van der Waals surface area contributed by atoms with Gasteiger partial charge in [-0.05, 0) is 24.3 Å². The number of nitrogens with zero attached hydrogens (tertiary/aromatic N) is 3. The summed E-state index contributed by atoms with van der Waals surface area (Å²) in [4.78, 5) is 14.8.